The van der Waals surface area contributed by atoms with Crippen molar-refractivity contribution in [3.05, 3.63) is 64.3 Å². The summed E-state index contributed by atoms with van der Waals surface area (Å²) in [4.78, 5) is 27.0. The van der Waals surface area contributed by atoms with Crippen molar-refractivity contribution in [2.24, 2.45) is 5.18 Å². The molecule has 1 amide bonds. The van der Waals surface area contributed by atoms with E-state index in [2.05, 4.69) is 10.2 Å². The summed E-state index contributed by atoms with van der Waals surface area (Å²) in [6, 6.07) is 11.2. The summed E-state index contributed by atoms with van der Waals surface area (Å²) < 4.78 is 0. The van der Waals surface area contributed by atoms with Crippen LogP contribution >= 0.6 is 11.6 Å². The summed E-state index contributed by atoms with van der Waals surface area (Å²) in [6.45, 7) is 0.504. The maximum Gasteiger partial charge on any atom is 0.270 e. The van der Waals surface area contributed by atoms with Crippen molar-refractivity contribution in [3.63, 3.8) is 0 Å². The predicted molar refractivity (Wildman–Crippen MR) is 77.4 cm³/mol. The molecule has 104 valence electrons. The molecular weight excluding hydrogens is 278 g/mol. The molecule has 0 fully saturated rings. The van der Waals surface area contributed by atoms with Crippen LogP contribution in [0.4, 0.5) is 0 Å². The minimum absolute atomic E-state index is 0.171. The van der Waals surface area contributed by atoms with Gasteiger partial charge in [0.15, 0.2) is 5.50 Å². The van der Waals surface area contributed by atoms with Crippen LogP contribution in [-0.4, -0.2) is 22.8 Å². The van der Waals surface area contributed by atoms with Gasteiger partial charge in [0.05, 0.1) is 0 Å². The molecule has 0 saturated heterocycles. The topological polar surface area (TPSA) is 65.5 Å². The molecule has 1 atom stereocenters. The van der Waals surface area contributed by atoms with Gasteiger partial charge < -0.3 is 9.88 Å². The SMILES string of the molecule is CN(Cc1ccccc1)C(=O)c1cc(C(Cl)N=O)c[nH]1. The molecule has 0 bridgehead atoms. The maximum atomic E-state index is 12.2. The highest BCUT2D eigenvalue weighted by Crippen LogP contribution is 2.22. The van der Waals surface area contributed by atoms with E-state index in [0.29, 0.717) is 17.8 Å². The van der Waals surface area contributed by atoms with Gasteiger partial charge >= 0.3 is 0 Å². The third-order valence-electron chi connectivity index (χ3n) is 2.91. The van der Waals surface area contributed by atoms with Crippen molar-refractivity contribution in [2.75, 3.05) is 7.05 Å². The lowest BCUT2D eigenvalue weighted by molar-refractivity contribution is 0.0780. The molecule has 1 unspecified atom stereocenters. The van der Waals surface area contributed by atoms with Gasteiger partial charge in [-0.3, -0.25) is 4.79 Å². The summed E-state index contributed by atoms with van der Waals surface area (Å²) in [5, 5.41) is 2.71. The Kier molecular flexibility index (Phi) is 4.53. The van der Waals surface area contributed by atoms with Crippen LogP contribution in [-0.2, 0) is 6.54 Å². The fourth-order valence-corrected chi connectivity index (χ4v) is 1.99. The lowest BCUT2D eigenvalue weighted by Gasteiger charge is -2.16. The maximum absolute atomic E-state index is 12.2. The van der Waals surface area contributed by atoms with E-state index in [-0.39, 0.29) is 5.91 Å². The van der Waals surface area contributed by atoms with Crippen LogP contribution in [0.1, 0.15) is 27.1 Å². The number of carbonyl (C=O) groups excluding carboxylic acids is 1. The van der Waals surface area contributed by atoms with Gasteiger partial charge in [0, 0.05) is 25.4 Å². The number of aromatic nitrogens is 1. The van der Waals surface area contributed by atoms with E-state index >= 15 is 0 Å². The number of amides is 1. The van der Waals surface area contributed by atoms with Gasteiger partial charge in [-0.25, -0.2) is 0 Å². The third kappa shape index (κ3) is 3.24. The van der Waals surface area contributed by atoms with Gasteiger partial charge in [0.25, 0.3) is 5.91 Å². The highest BCUT2D eigenvalue weighted by atomic mass is 35.5. The Morgan fingerprint density at radius 3 is 2.75 bits per heavy atom. The molecule has 1 aromatic heterocycles. The van der Waals surface area contributed by atoms with Crippen LogP contribution in [0.3, 0.4) is 0 Å². The zero-order valence-corrected chi connectivity index (χ0v) is 11.7. The van der Waals surface area contributed by atoms with Crippen molar-refractivity contribution >= 4 is 17.5 Å². The Hall–Kier alpha value is -2.14. The number of rotatable bonds is 5. The number of halogens is 1. The molecule has 5 nitrogen and oxygen atoms in total. The first-order chi connectivity index (χ1) is 9.61. The van der Waals surface area contributed by atoms with E-state index in [0.717, 1.165) is 5.56 Å². The summed E-state index contributed by atoms with van der Waals surface area (Å²) in [6.07, 6.45) is 1.52. The molecule has 0 aliphatic carbocycles. The molecule has 6 heteroatoms. The van der Waals surface area contributed by atoms with E-state index in [9.17, 15) is 9.70 Å². The average molecular weight is 292 g/mol. The fraction of sp³-hybridized carbons (Fsp3) is 0.214. The summed E-state index contributed by atoms with van der Waals surface area (Å²) in [7, 11) is 1.71. The molecule has 1 N–H and O–H groups in total. The van der Waals surface area contributed by atoms with Gasteiger partial charge in [0.2, 0.25) is 0 Å². The van der Waals surface area contributed by atoms with E-state index in [1.807, 2.05) is 30.3 Å². The van der Waals surface area contributed by atoms with Gasteiger partial charge in [-0.1, -0.05) is 41.9 Å². The van der Waals surface area contributed by atoms with Crippen LogP contribution in [0.25, 0.3) is 0 Å². The standard InChI is InChI=1S/C14H14ClN3O2/c1-18(9-10-5-3-2-4-6-10)14(19)12-7-11(8-16-12)13(15)17-20/h2-8,13,16H,9H2,1H3. The zero-order valence-electron chi connectivity index (χ0n) is 10.9. The second-order valence-corrected chi connectivity index (χ2v) is 4.85. The molecule has 2 aromatic rings. The van der Waals surface area contributed by atoms with Gasteiger partial charge in [-0.15, -0.1) is 4.91 Å². The number of carbonyl (C=O) groups is 1. The van der Waals surface area contributed by atoms with Gasteiger partial charge in [0.1, 0.15) is 5.69 Å². The number of benzene rings is 1. The minimum Gasteiger partial charge on any atom is -0.357 e. The Balaban J connectivity index is 2.07. The van der Waals surface area contributed by atoms with E-state index in [1.54, 1.807) is 18.0 Å². The molecule has 20 heavy (non-hydrogen) atoms. The number of hydrogen-bond acceptors (Lipinski definition) is 3. The van der Waals surface area contributed by atoms with E-state index in [1.165, 1.54) is 6.20 Å². The van der Waals surface area contributed by atoms with Gasteiger partial charge in [-0.2, -0.15) is 0 Å². The number of nitrogens with one attached hydrogen (secondary N) is 1. The second-order valence-electron chi connectivity index (χ2n) is 4.43. The van der Waals surface area contributed by atoms with Crippen LogP contribution in [0.2, 0.25) is 0 Å². The number of nitrogens with zero attached hydrogens (tertiary/aromatic N) is 2. The first kappa shape index (κ1) is 14.3. The molecule has 1 aromatic carbocycles. The smallest absolute Gasteiger partial charge is 0.270 e. The van der Waals surface area contributed by atoms with Crippen molar-refractivity contribution in [2.45, 2.75) is 12.0 Å². The largest absolute Gasteiger partial charge is 0.357 e. The highest BCUT2D eigenvalue weighted by Gasteiger charge is 2.17. The molecule has 1 heterocycles. The zero-order chi connectivity index (χ0) is 14.5. The number of alkyl halides is 1. The number of hydrogen-bond donors (Lipinski definition) is 1. The monoisotopic (exact) mass is 291 g/mol. The summed E-state index contributed by atoms with van der Waals surface area (Å²) in [5.74, 6) is -0.171. The molecule has 0 aliphatic rings. The normalized spacial score (nSPS) is 11.9. The second kappa shape index (κ2) is 6.34. The van der Waals surface area contributed by atoms with Crippen molar-refractivity contribution in [1.29, 1.82) is 0 Å². The van der Waals surface area contributed by atoms with Crippen LogP contribution in [0.5, 0.6) is 0 Å². The molecule has 2 rings (SSSR count). The lowest BCUT2D eigenvalue weighted by atomic mass is 10.2. The summed E-state index contributed by atoms with van der Waals surface area (Å²) in [5.41, 5.74) is 0.929. The van der Waals surface area contributed by atoms with Crippen LogP contribution < -0.4 is 0 Å². The predicted octanol–water partition coefficient (Wildman–Crippen LogP) is 3.29. The Labute approximate surface area is 121 Å². The van der Waals surface area contributed by atoms with E-state index in [4.69, 9.17) is 11.6 Å². The Bertz CT molecular complexity index is 597. The van der Waals surface area contributed by atoms with E-state index < -0.39 is 5.50 Å². The van der Waals surface area contributed by atoms with Crippen molar-refractivity contribution < 1.29 is 4.79 Å². The molecular formula is C14H14ClN3O2. The molecule has 0 spiro atoms. The first-order valence-electron chi connectivity index (χ1n) is 6.06. The lowest BCUT2D eigenvalue weighted by Crippen LogP contribution is -2.26. The fourth-order valence-electron chi connectivity index (χ4n) is 1.87. The Morgan fingerprint density at radius 2 is 2.10 bits per heavy atom. The van der Waals surface area contributed by atoms with Crippen LogP contribution in [0, 0.1) is 4.91 Å². The quantitative estimate of drug-likeness (QED) is 0.522. The number of nitroso groups, excluding NO2 is 1. The van der Waals surface area contributed by atoms with Crippen molar-refractivity contribution in [3.8, 4) is 0 Å². The number of H-pyrrole nitrogens is 1. The average Bonchev–Trinajstić information content (AvgIpc) is 2.96. The summed E-state index contributed by atoms with van der Waals surface area (Å²) >= 11 is 5.69. The molecule has 0 saturated carbocycles. The van der Waals surface area contributed by atoms with Gasteiger partial charge in [-0.05, 0) is 16.8 Å². The third-order valence-corrected chi connectivity index (χ3v) is 3.24. The highest BCUT2D eigenvalue weighted by molar-refractivity contribution is 6.20. The molecule has 0 aliphatic heterocycles. The van der Waals surface area contributed by atoms with Crippen molar-refractivity contribution in [1.82, 2.24) is 9.88 Å². The molecule has 0 radical (unpaired) electrons. The minimum atomic E-state index is -0.979. The number of aromatic amines is 1. The Morgan fingerprint density at radius 1 is 1.40 bits per heavy atom. The van der Waals surface area contributed by atoms with Crippen LogP contribution in [0.15, 0.2) is 47.8 Å². The first-order valence-corrected chi connectivity index (χ1v) is 6.49.